The van der Waals surface area contributed by atoms with Gasteiger partial charge in [0.1, 0.15) is 5.82 Å². The third-order valence-electron chi connectivity index (χ3n) is 4.99. The highest BCUT2D eigenvalue weighted by atomic mass is 35.5. The van der Waals surface area contributed by atoms with Crippen LogP contribution in [0, 0.1) is 0 Å². The second kappa shape index (κ2) is 9.09. The Kier molecular flexibility index (Phi) is 6.26. The highest BCUT2D eigenvalue weighted by molar-refractivity contribution is 6.45. The van der Waals surface area contributed by atoms with Crippen LogP contribution in [0.25, 0.3) is 22.0 Å². The number of carbonyl (C=O) groups excluding carboxylic acids is 1. The summed E-state index contributed by atoms with van der Waals surface area (Å²) in [6, 6.07) is 5.51. The van der Waals surface area contributed by atoms with E-state index in [-0.39, 0.29) is 25.4 Å². The smallest absolute Gasteiger partial charge is 0.305 e. The number of benzene rings is 1. The molecule has 3 aromatic rings. The van der Waals surface area contributed by atoms with E-state index in [2.05, 4.69) is 15.5 Å². The zero-order chi connectivity index (χ0) is 22.0. The molecular formula is C20H19Cl2N5O4. The summed E-state index contributed by atoms with van der Waals surface area (Å²) in [6.07, 6.45) is 2.59. The molecule has 0 aliphatic carbocycles. The first-order valence-corrected chi connectivity index (χ1v) is 10.3. The Morgan fingerprint density at radius 2 is 2.19 bits per heavy atom. The summed E-state index contributed by atoms with van der Waals surface area (Å²) in [5.41, 5.74) is 2.29. The van der Waals surface area contributed by atoms with Gasteiger partial charge in [-0.2, -0.15) is 5.10 Å². The summed E-state index contributed by atoms with van der Waals surface area (Å²) in [4.78, 5) is 29.7. The van der Waals surface area contributed by atoms with Crippen molar-refractivity contribution in [2.24, 2.45) is 0 Å². The highest BCUT2D eigenvalue weighted by Crippen LogP contribution is 2.37. The number of carboxylic acid groups (broad SMARTS) is 1. The van der Waals surface area contributed by atoms with Crippen molar-refractivity contribution in [1.82, 2.24) is 20.5 Å². The quantitative estimate of drug-likeness (QED) is 0.513. The maximum Gasteiger partial charge on any atom is 0.305 e. The molecule has 1 aliphatic heterocycles. The molecule has 31 heavy (non-hydrogen) atoms. The van der Waals surface area contributed by atoms with Crippen LogP contribution in [0.3, 0.4) is 0 Å². The van der Waals surface area contributed by atoms with Crippen molar-refractivity contribution in [3.05, 3.63) is 40.6 Å². The summed E-state index contributed by atoms with van der Waals surface area (Å²) in [5.74, 6) is -0.712. The first-order valence-electron chi connectivity index (χ1n) is 9.58. The number of rotatable bonds is 6. The number of aromatic amines is 1. The maximum absolute atomic E-state index is 12.4. The monoisotopic (exact) mass is 463 g/mol. The molecule has 3 heterocycles. The summed E-state index contributed by atoms with van der Waals surface area (Å²) in [6.45, 7) is 1.16. The fourth-order valence-corrected chi connectivity index (χ4v) is 3.80. The molecule has 1 aliphatic rings. The first kappa shape index (κ1) is 21.4. The minimum atomic E-state index is -0.978. The van der Waals surface area contributed by atoms with Gasteiger partial charge < -0.3 is 20.1 Å². The molecule has 0 spiro atoms. The number of anilines is 1. The average Bonchev–Trinajstić information content (AvgIpc) is 3.30. The number of fused-ring (bicyclic) bond motifs is 1. The van der Waals surface area contributed by atoms with E-state index in [0.717, 1.165) is 16.5 Å². The topological polar surface area (TPSA) is 120 Å². The molecule has 0 radical (unpaired) electrons. The van der Waals surface area contributed by atoms with Gasteiger partial charge in [-0.3, -0.25) is 14.7 Å². The number of pyridine rings is 1. The first-order chi connectivity index (χ1) is 14.9. The molecule has 9 nitrogen and oxygen atoms in total. The Morgan fingerprint density at radius 3 is 2.94 bits per heavy atom. The molecule has 1 aromatic carbocycles. The van der Waals surface area contributed by atoms with Crippen LogP contribution in [0.1, 0.15) is 6.42 Å². The number of halogens is 2. The number of amides is 1. The minimum Gasteiger partial charge on any atom is -0.481 e. The predicted molar refractivity (Wildman–Crippen MR) is 117 cm³/mol. The second-order valence-corrected chi connectivity index (χ2v) is 7.80. The summed E-state index contributed by atoms with van der Waals surface area (Å²) in [5, 5.41) is 19.7. The van der Waals surface area contributed by atoms with E-state index >= 15 is 0 Å². The Balaban J connectivity index is 1.65. The van der Waals surface area contributed by atoms with Gasteiger partial charge in [-0.25, -0.2) is 4.98 Å². The number of aliphatic carboxylic acids is 1. The summed E-state index contributed by atoms with van der Waals surface area (Å²) in [7, 11) is 0. The standard InChI is InChI=1S/C20H19Cl2N5O4/c21-14-2-1-12-13(11-8-24-25-9-11)7-16(26-19(12)18(14)22)27-5-6-31-15(10-27)20(30)23-4-3-17(28)29/h1-2,7-9,15H,3-6,10H2,(H,23,30)(H,24,25)(H,28,29)/t15-/m1/s1. The zero-order valence-corrected chi connectivity index (χ0v) is 17.8. The normalized spacial score (nSPS) is 16.5. The predicted octanol–water partition coefficient (Wildman–Crippen LogP) is 2.73. The Morgan fingerprint density at radius 1 is 1.35 bits per heavy atom. The number of aromatic nitrogens is 3. The van der Waals surface area contributed by atoms with Gasteiger partial charge in [-0.15, -0.1) is 0 Å². The molecule has 1 atom stereocenters. The number of carboxylic acids is 1. The van der Waals surface area contributed by atoms with E-state index in [1.807, 2.05) is 17.0 Å². The average molecular weight is 464 g/mol. The van der Waals surface area contributed by atoms with Crippen LogP contribution in [-0.2, 0) is 14.3 Å². The van der Waals surface area contributed by atoms with E-state index < -0.39 is 12.1 Å². The largest absolute Gasteiger partial charge is 0.481 e. The molecule has 11 heteroatoms. The van der Waals surface area contributed by atoms with Crippen molar-refractivity contribution >= 4 is 51.8 Å². The zero-order valence-electron chi connectivity index (χ0n) is 16.3. The van der Waals surface area contributed by atoms with Crippen LogP contribution in [0.4, 0.5) is 5.82 Å². The van der Waals surface area contributed by atoms with E-state index in [1.54, 1.807) is 18.5 Å². The lowest BCUT2D eigenvalue weighted by atomic mass is 10.0. The van der Waals surface area contributed by atoms with Crippen molar-refractivity contribution in [3.8, 4) is 11.1 Å². The van der Waals surface area contributed by atoms with Gasteiger partial charge in [0.25, 0.3) is 5.91 Å². The van der Waals surface area contributed by atoms with Gasteiger partial charge in [-0.05, 0) is 17.7 Å². The lowest BCUT2D eigenvalue weighted by Crippen LogP contribution is -2.50. The third kappa shape index (κ3) is 4.58. The van der Waals surface area contributed by atoms with Gasteiger partial charge >= 0.3 is 5.97 Å². The van der Waals surface area contributed by atoms with Gasteiger partial charge in [-0.1, -0.05) is 29.3 Å². The molecule has 1 amide bonds. The van der Waals surface area contributed by atoms with E-state index in [1.165, 1.54) is 0 Å². The molecule has 2 aromatic heterocycles. The van der Waals surface area contributed by atoms with Crippen LogP contribution < -0.4 is 10.2 Å². The maximum atomic E-state index is 12.4. The van der Waals surface area contributed by atoms with E-state index in [9.17, 15) is 9.59 Å². The van der Waals surface area contributed by atoms with Gasteiger partial charge in [0, 0.05) is 30.2 Å². The van der Waals surface area contributed by atoms with Crippen LogP contribution in [0.5, 0.6) is 0 Å². The van der Waals surface area contributed by atoms with E-state index in [0.29, 0.717) is 34.5 Å². The lowest BCUT2D eigenvalue weighted by molar-refractivity contribution is -0.137. The number of carbonyl (C=O) groups is 2. The fourth-order valence-electron chi connectivity index (χ4n) is 3.44. The Bertz CT molecular complexity index is 1120. The summed E-state index contributed by atoms with van der Waals surface area (Å²) >= 11 is 12.7. The molecule has 1 saturated heterocycles. The second-order valence-electron chi connectivity index (χ2n) is 7.01. The molecule has 3 N–H and O–H groups in total. The van der Waals surface area contributed by atoms with Crippen LogP contribution in [0.2, 0.25) is 10.0 Å². The van der Waals surface area contributed by atoms with Crippen molar-refractivity contribution in [3.63, 3.8) is 0 Å². The Hall–Kier alpha value is -2.88. The fraction of sp³-hybridized carbons (Fsp3) is 0.300. The van der Waals surface area contributed by atoms with Gasteiger partial charge in [0.05, 0.1) is 41.3 Å². The summed E-state index contributed by atoms with van der Waals surface area (Å²) < 4.78 is 5.59. The van der Waals surface area contributed by atoms with Crippen LogP contribution in [-0.4, -0.2) is 64.5 Å². The number of hydrogen-bond donors (Lipinski definition) is 3. The van der Waals surface area contributed by atoms with Crippen LogP contribution in [0.15, 0.2) is 30.6 Å². The van der Waals surface area contributed by atoms with Gasteiger partial charge in [0.2, 0.25) is 0 Å². The highest BCUT2D eigenvalue weighted by Gasteiger charge is 2.28. The van der Waals surface area contributed by atoms with Crippen LogP contribution >= 0.6 is 23.2 Å². The lowest BCUT2D eigenvalue weighted by Gasteiger charge is -2.33. The molecule has 0 saturated carbocycles. The number of nitrogens with one attached hydrogen (secondary N) is 2. The van der Waals surface area contributed by atoms with E-state index in [4.69, 9.17) is 38.0 Å². The number of ether oxygens (including phenoxy) is 1. The van der Waals surface area contributed by atoms with Crippen molar-refractivity contribution < 1.29 is 19.4 Å². The number of hydrogen-bond acceptors (Lipinski definition) is 6. The number of nitrogens with zero attached hydrogens (tertiary/aromatic N) is 3. The van der Waals surface area contributed by atoms with Crippen molar-refractivity contribution in [2.45, 2.75) is 12.5 Å². The van der Waals surface area contributed by atoms with Crippen molar-refractivity contribution in [2.75, 3.05) is 31.1 Å². The molecule has 0 unspecified atom stereocenters. The molecular weight excluding hydrogens is 445 g/mol. The number of H-pyrrole nitrogens is 1. The Labute approximate surface area is 187 Å². The molecule has 0 bridgehead atoms. The van der Waals surface area contributed by atoms with Crippen molar-refractivity contribution in [1.29, 1.82) is 0 Å². The minimum absolute atomic E-state index is 0.0427. The third-order valence-corrected chi connectivity index (χ3v) is 5.78. The van der Waals surface area contributed by atoms with Gasteiger partial charge in [0.15, 0.2) is 6.10 Å². The molecule has 4 rings (SSSR count). The molecule has 162 valence electrons. The molecule has 1 fully saturated rings. The SMILES string of the molecule is O=C(O)CCNC(=O)[C@H]1CN(c2cc(-c3cn[nH]c3)c3ccc(Cl)c(Cl)c3n2)CCO1. The number of morpholine rings is 1.